The summed E-state index contributed by atoms with van der Waals surface area (Å²) in [5, 5.41) is 1.05. The summed E-state index contributed by atoms with van der Waals surface area (Å²) in [6.07, 6.45) is 5.45. The standard InChI is InChI=1S/C19H18N2OS/c1-15-2-7-19(21-12-15)23-14-17-3-5-18(6-4-17)22-13-16-8-10-20-11-9-16/h2-12H,13-14H2,1H3. The van der Waals surface area contributed by atoms with Gasteiger partial charge in [0, 0.05) is 24.3 Å². The van der Waals surface area contributed by atoms with E-state index in [9.17, 15) is 0 Å². The van der Waals surface area contributed by atoms with Crippen LogP contribution >= 0.6 is 11.8 Å². The van der Waals surface area contributed by atoms with Crippen LogP contribution in [-0.4, -0.2) is 9.97 Å². The second-order valence-corrected chi connectivity index (χ2v) is 6.25. The predicted octanol–water partition coefficient (Wildman–Crippen LogP) is 4.66. The van der Waals surface area contributed by atoms with E-state index >= 15 is 0 Å². The van der Waals surface area contributed by atoms with E-state index in [0.29, 0.717) is 6.61 Å². The zero-order valence-electron chi connectivity index (χ0n) is 13.0. The van der Waals surface area contributed by atoms with E-state index in [1.165, 1.54) is 11.1 Å². The molecule has 0 bridgehead atoms. The third-order valence-corrected chi connectivity index (χ3v) is 4.36. The Balaban J connectivity index is 1.51. The summed E-state index contributed by atoms with van der Waals surface area (Å²) in [5.41, 5.74) is 3.56. The zero-order valence-corrected chi connectivity index (χ0v) is 13.8. The van der Waals surface area contributed by atoms with Crippen LogP contribution in [0, 0.1) is 6.92 Å². The second-order valence-electron chi connectivity index (χ2n) is 5.25. The number of rotatable bonds is 6. The van der Waals surface area contributed by atoms with Crippen LogP contribution in [0.1, 0.15) is 16.7 Å². The Morgan fingerprint density at radius 3 is 2.39 bits per heavy atom. The summed E-state index contributed by atoms with van der Waals surface area (Å²) >= 11 is 1.74. The number of aromatic nitrogens is 2. The van der Waals surface area contributed by atoms with E-state index in [4.69, 9.17) is 4.74 Å². The summed E-state index contributed by atoms with van der Waals surface area (Å²) in [6, 6.07) is 16.3. The highest BCUT2D eigenvalue weighted by atomic mass is 32.2. The molecule has 3 nitrogen and oxygen atoms in total. The van der Waals surface area contributed by atoms with Crippen molar-refractivity contribution in [2.24, 2.45) is 0 Å². The Labute approximate surface area is 140 Å². The van der Waals surface area contributed by atoms with Gasteiger partial charge in [0.2, 0.25) is 0 Å². The van der Waals surface area contributed by atoms with Gasteiger partial charge in [0.05, 0.1) is 5.03 Å². The van der Waals surface area contributed by atoms with Gasteiger partial charge >= 0.3 is 0 Å². The van der Waals surface area contributed by atoms with Crippen LogP contribution in [0.3, 0.4) is 0 Å². The molecule has 0 saturated heterocycles. The highest BCUT2D eigenvalue weighted by molar-refractivity contribution is 7.98. The molecule has 2 aromatic heterocycles. The van der Waals surface area contributed by atoms with Crippen LogP contribution in [0.25, 0.3) is 0 Å². The molecule has 0 aliphatic carbocycles. The molecular formula is C19H18N2OS. The van der Waals surface area contributed by atoms with Gasteiger partial charge in [-0.15, -0.1) is 11.8 Å². The summed E-state index contributed by atoms with van der Waals surface area (Å²) in [5.74, 6) is 1.78. The molecule has 0 spiro atoms. The fraction of sp³-hybridized carbons (Fsp3) is 0.158. The van der Waals surface area contributed by atoms with Gasteiger partial charge < -0.3 is 4.74 Å². The van der Waals surface area contributed by atoms with E-state index in [-0.39, 0.29) is 0 Å². The van der Waals surface area contributed by atoms with E-state index < -0.39 is 0 Å². The molecule has 0 atom stereocenters. The minimum atomic E-state index is 0.559. The lowest BCUT2D eigenvalue weighted by Crippen LogP contribution is -1.95. The Kier molecular flexibility index (Phi) is 5.27. The molecule has 0 fully saturated rings. The molecule has 3 rings (SSSR count). The van der Waals surface area contributed by atoms with Gasteiger partial charge in [-0.1, -0.05) is 18.2 Å². The van der Waals surface area contributed by atoms with Crippen LogP contribution in [0.4, 0.5) is 0 Å². The lowest BCUT2D eigenvalue weighted by Gasteiger charge is -2.07. The number of hydrogen-bond donors (Lipinski definition) is 0. The minimum absolute atomic E-state index is 0.559. The number of pyridine rings is 2. The maximum Gasteiger partial charge on any atom is 0.119 e. The molecule has 116 valence electrons. The molecular weight excluding hydrogens is 304 g/mol. The van der Waals surface area contributed by atoms with Gasteiger partial charge in [-0.2, -0.15) is 0 Å². The van der Waals surface area contributed by atoms with Crippen molar-refractivity contribution < 1.29 is 4.74 Å². The molecule has 0 amide bonds. The lowest BCUT2D eigenvalue weighted by molar-refractivity contribution is 0.306. The molecule has 4 heteroatoms. The lowest BCUT2D eigenvalue weighted by atomic mass is 10.2. The van der Waals surface area contributed by atoms with Crippen LogP contribution in [-0.2, 0) is 12.4 Å². The zero-order chi connectivity index (χ0) is 15.9. The van der Waals surface area contributed by atoms with Crippen molar-refractivity contribution in [3.8, 4) is 5.75 Å². The average molecular weight is 322 g/mol. The molecule has 0 aliphatic rings. The number of nitrogens with zero attached hydrogens (tertiary/aromatic N) is 2. The van der Waals surface area contributed by atoms with Crippen LogP contribution in [0.2, 0.25) is 0 Å². The quantitative estimate of drug-likeness (QED) is 0.618. The molecule has 1 aromatic carbocycles. The Hall–Kier alpha value is -2.33. The molecule has 0 N–H and O–H groups in total. The van der Waals surface area contributed by atoms with Crippen molar-refractivity contribution in [3.05, 3.63) is 83.8 Å². The summed E-state index contributed by atoms with van der Waals surface area (Å²) in [7, 11) is 0. The molecule has 3 aromatic rings. The van der Waals surface area contributed by atoms with E-state index in [0.717, 1.165) is 22.1 Å². The topological polar surface area (TPSA) is 35.0 Å². The molecule has 0 radical (unpaired) electrons. The number of benzene rings is 1. The normalized spacial score (nSPS) is 10.5. The van der Waals surface area contributed by atoms with Crippen molar-refractivity contribution in [1.29, 1.82) is 0 Å². The van der Waals surface area contributed by atoms with Gasteiger partial charge in [0.1, 0.15) is 12.4 Å². The van der Waals surface area contributed by atoms with E-state index in [2.05, 4.69) is 34.2 Å². The second kappa shape index (κ2) is 7.79. The maximum atomic E-state index is 5.78. The first kappa shape index (κ1) is 15.6. The Bertz CT molecular complexity index is 728. The van der Waals surface area contributed by atoms with Crippen molar-refractivity contribution in [3.63, 3.8) is 0 Å². The van der Waals surface area contributed by atoms with Gasteiger partial charge in [-0.25, -0.2) is 4.98 Å². The van der Waals surface area contributed by atoms with Gasteiger partial charge in [-0.3, -0.25) is 4.98 Å². The first-order chi connectivity index (χ1) is 11.3. The largest absolute Gasteiger partial charge is 0.489 e. The minimum Gasteiger partial charge on any atom is -0.489 e. The summed E-state index contributed by atoms with van der Waals surface area (Å²) in [4.78, 5) is 8.41. The smallest absolute Gasteiger partial charge is 0.119 e. The number of thioether (sulfide) groups is 1. The first-order valence-electron chi connectivity index (χ1n) is 7.46. The van der Waals surface area contributed by atoms with Crippen molar-refractivity contribution >= 4 is 11.8 Å². The Morgan fingerprint density at radius 1 is 0.913 bits per heavy atom. The van der Waals surface area contributed by atoms with Crippen molar-refractivity contribution in [2.45, 2.75) is 24.3 Å². The average Bonchev–Trinajstić information content (AvgIpc) is 2.61. The highest BCUT2D eigenvalue weighted by Crippen LogP contribution is 2.22. The summed E-state index contributed by atoms with van der Waals surface area (Å²) < 4.78 is 5.78. The molecule has 0 aliphatic heterocycles. The van der Waals surface area contributed by atoms with Gasteiger partial charge in [-0.05, 0) is 53.9 Å². The third kappa shape index (κ3) is 4.83. The molecule has 23 heavy (non-hydrogen) atoms. The monoisotopic (exact) mass is 322 g/mol. The predicted molar refractivity (Wildman–Crippen MR) is 93.5 cm³/mol. The van der Waals surface area contributed by atoms with E-state index in [1.54, 1.807) is 24.2 Å². The molecule has 0 saturated carbocycles. The first-order valence-corrected chi connectivity index (χ1v) is 8.44. The maximum absolute atomic E-state index is 5.78. The van der Waals surface area contributed by atoms with Crippen LogP contribution < -0.4 is 4.74 Å². The van der Waals surface area contributed by atoms with Crippen LogP contribution in [0.5, 0.6) is 5.75 Å². The number of aryl methyl sites for hydroxylation is 1. The van der Waals surface area contributed by atoms with Gasteiger partial charge in [0.25, 0.3) is 0 Å². The van der Waals surface area contributed by atoms with Crippen molar-refractivity contribution in [2.75, 3.05) is 0 Å². The number of ether oxygens (including phenoxy) is 1. The highest BCUT2D eigenvalue weighted by Gasteiger charge is 2.00. The molecule has 2 heterocycles. The Morgan fingerprint density at radius 2 is 1.70 bits per heavy atom. The van der Waals surface area contributed by atoms with Gasteiger partial charge in [0.15, 0.2) is 0 Å². The third-order valence-electron chi connectivity index (χ3n) is 3.35. The fourth-order valence-corrected chi connectivity index (χ4v) is 2.82. The summed E-state index contributed by atoms with van der Waals surface area (Å²) in [6.45, 7) is 2.61. The van der Waals surface area contributed by atoms with Crippen molar-refractivity contribution in [1.82, 2.24) is 9.97 Å². The fourth-order valence-electron chi connectivity index (χ4n) is 2.02. The number of hydrogen-bond acceptors (Lipinski definition) is 4. The van der Waals surface area contributed by atoms with Crippen LogP contribution in [0.15, 0.2) is 72.1 Å². The molecule has 0 unspecified atom stereocenters. The SMILES string of the molecule is Cc1ccc(SCc2ccc(OCc3ccncc3)cc2)nc1. The van der Waals surface area contributed by atoms with E-state index in [1.807, 2.05) is 37.4 Å².